The molecule has 0 bridgehead atoms. The average molecular weight is 217 g/mol. The summed E-state index contributed by atoms with van der Waals surface area (Å²) in [6, 6.07) is 1.45. The van der Waals surface area contributed by atoms with E-state index in [1.54, 1.807) is 0 Å². The molecule has 0 aliphatic rings. The summed E-state index contributed by atoms with van der Waals surface area (Å²) in [6.45, 7) is 4.75. The molecule has 78 valence electrons. The van der Waals surface area contributed by atoms with Crippen LogP contribution in [0.1, 0.15) is 13.8 Å². The van der Waals surface area contributed by atoms with Crippen molar-refractivity contribution in [1.29, 1.82) is 0 Å². The van der Waals surface area contributed by atoms with E-state index < -0.39 is 0 Å². The number of nitrogen functional groups attached to an aromatic ring is 1. The largest absolute Gasteiger partial charge is 0.754 e. The first-order valence-corrected chi connectivity index (χ1v) is 4.68. The lowest BCUT2D eigenvalue weighted by Crippen LogP contribution is -2.36. The number of nitrogens with zero attached hydrogens (tertiary/aromatic N) is 2. The quantitative estimate of drug-likeness (QED) is 0.449. The molecule has 0 aliphatic carbocycles. The van der Waals surface area contributed by atoms with Crippen molar-refractivity contribution in [3.05, 3.63) is 16.4 Å². The third-order valence-electron chi connectivity index (χ3n) is 1.60. The second-order valence-electron chi connectivity index (χ2n) is 3.39. The molecule has 0 atom stereocenters. The van der Waals surface area contributed by atoms with Gasteiger partial charge in [-0.1, -0.05) is 18.8 Å². The van der Waals surface area contributed by atoms with Gasteiger partial charge in [0.25, 0.3) is 0 Å². The molecule has 6 heteroatoms. The molecule has 0 saturated carbocycles. The van der Waals surface area contributed by atoms with Crippen LogP contribution < -0.4 is 15.8 Å². The first kappa shape index (κ1) is 10.8. The van der Waals surface area contributed by atoms with Crippen LogP contribution in [0.2, 0.25) is 5.15 Å². The molecule has 0 radical (unpaired) electrons. The lowest BCUT2D eigenvalue weighted by Gasteiger charge is -2.14. The van der Waals surface area contributed by atoms with Crippen LogP contribution in [-0.2, 0) is 0 Å². The molecular formula is C8H13ClN4O. The van der Waals surface area contributed by atoms with E-state index in [-0.39, 0.29) is 11.1 Å². The highest BCUT2D eigenvalue weighted by atomic mass is 35.5. The van der Waals surface area contributed by atoms with Gasteiger partial charge in [0.1, 0.15) is 0 Å². The van der Waals surface area contributed by atoms with Crippen LogP contribution in [-0.4, -0.2) is 11.5 Å². The molecule has 0 amide bonds. The van der Waals surface area contributed by atoms with E-state index in [2.05, 4.69) is 10.3 Å². The molecule has 5 nitrogen and oxygen atoms in total. The third kappa shape index (κ3) is 2.63. The summed E-state index contributed by atoms with van der Waals surface area (Å²) in [5, 5.41) is 14.5. The molecule has 0 aliphatic heterocycles. The Hall–Kier alpha value is -1.23. The van der Waals surface area contributed by atoms with Crippen LogP contribution >= 0.6 is 11.6 Å². The standard InChI is InChI=1S/C8H13ClN4O/c1-5(2)4-11-7-3-6(9)12-8(10)13(7)14/h3,5,11H,4H2,1-2H3,(H2,10,12). The van der Waals surface area contributed by atoms with E-state index in [0.29, 0.717) is 23.0 Å². The van der Waals surface area contributed by atoms with Gasteiger partial charge in [-0.15, -0.1) is 0 Å². The fourth-order valence-corrected chi connectivity index (χ4v) is 1.10. The highest BCUT2D eigenvalue weighted by Crippen LogP contribution is 2.10. The number of anilines is 2. The number of nitrogens with one attached hydrogen (secondary N) is 1. The van der Waals surface area contributed by atoms with E-state index in [1.807, 2.05) is 13.8 Å². The van der Waals surface area contributed by atoms with Crippen molar-refractivity contribution >= 4 is 23.4 Å². The summed E-state index contributed by atoms with van der Waals surface area (Å²) < 4.78 is 0.522. The zero-order chi connectivity index (χ0) is 10.7. The topological polar surface area (TPSA) is 77.9 Å². The SMILES string of the molecule is CC(C)CNc1cc(Cl)nc(N)[n+]1[O-]. The van der Waals surface area contributed by atoms with Crippen LogP contribution in [0.15, 0.2) is 6.07 Å². The van der Waals surface area contributed by atoms with Crippen LogP contribution in [0, 0.1) is 11.1 Å². The highest BCUT2D eigenvalue weighted by Gasteiger charge is 2.08. The molecule has 0 saturated heterocycles. The Kier molecular flexibility index (Phi) is 3.35. The zero-order valence-electron chi connectivity index (χ0n) is 8.12. The van der Waals surface area contributed by atoms with E-state index in [0.717, 1.165) is 0 Å². The van der Waals surface area contributed by atoms with Crippen LogP contribution in [0.3, 0.4) is 0 Å². The zero-order valence-corrected chi connectivity index (χ0v) is 8.88. The van der Waals surface area contributed by atoms with Crippen molar-refractivity contribution in [1.82, 2.24) is 4.98 Å². The fraction of sp³-hybridized carbons (Fsp3) is 0.500. The summed E-state index contributed by atoms with van der Waals surface area (Å²) in [4.78, 5) is 3.61. The molecule has 0 spiro atoms. The van der Waals surface area contributed by atoms with Gasteiger partial charge in [0.05, 0.1) is 12.6 Å². The number of hydrogen-bond acceptors (Lipinski definition) is 4. The lowest BCUT2D eigenvalue weighted by atomic mass is 10.2. The van der Waals surface area contributed by atoms with E-state index in [4.69, 9.17) is 17.3 Å². The average Bonchev–Trinajstić information content (AvgIpc) is 2.08. The second kappa shape index (κ2) is 4.32. The second-order valence-corrected chi connectivity index (χ2v) is 3.78. The Morgan fingerprint density at radius 1 is 1.71 bits per heavy atom. The molecule has 1 aromatic rings. The van der Waals surface area contributed by atoms with Crippen molar-refractivity contribution in [2.75, 3.05) is 17.6 Å². The van der Waals surface area contributed by atoms with Gasteiger partial charge < -0.3 is 16.3 Å². The van der Waals surface area contributed by atoms with Crippen molar-refractivity contribution in [3.8, 4) is 0 Å². The Labute approximate surface area is 87.5 Å². The summed E-state index contributed by atoms with van der Waals surface area (Å²) >= 11 is 5.65. The summed E-state index contributed by atoms with van der Waals surface area (Å²) in [5.41, 5.74) is 5.34. The predicted octanol–water partition coefficient (Wildman–Crippen LogP) is 1.02. The monoisotopic (exact) mass is 216 g/mol. The van der Waals surface area contributed by atoms with Crippen molar-refractivity contribution in [2.45, 2.75) is 13.8 Å². The molecular weight excluding hydrogens is 204 g/mol. The molecule has 1 aromatic heterocycles. The molecule has 1 heterocycles. The maximum Gasteiger partial charge on any atom is 0.345 e. The van der Waals surface area contributed by atoms with Gasteiger partial charge in [-0.05, 0) is 17.5 Å². The predicted molar refractivity (Wildman–Crippen MR) is 55.9 cm³/mol. The first-order chi connectivity index (χ1) is 6.50. The Morgan fingerprint density at radius 3 is 2.93 bits per heavy atom. The summed E-state index contributed by atoms with van der Waals surface area (Å²) in [7, 11) is 0. The van der Waals surface area contributed by atoms with Gasteiger partial charge in [0.15, 0.2) is 11.0 Å². The number of halogens is 1. The molecule has 3 N–H and O–H groups in total. The van der Waals surface area contributed by atoms with E-state index in [1.165, 1.54) is 6.07 Å². The molecule has 0 fully saturated rings. The molecule has 0 aromatic carbocycles. The minimum atomic E-state index is -0.149. The Morgan fingerprint density at radius 2 is 2.36 bits per heavy atom. The van der Waals surface area contributed by atoms with Gasteiger partial charge in [-0.3, -0.25) is 0 Å². The fourth-order valence-electron chi connectivity index (χ4n) is 0.914. The maximum absolute atomic E-state index is 11.3. The Balaban J connectivity index is 2.85. The number of nitrogens with two attached hydrogens (primary N) is 1. The maximum atomic E-state index is 11.3. The van der Waals surface area contributed by atoms with E-state index >= 15 is 0 Å². The molecule has 0 unspecified atom stereocenters. The van der Waals surface area contributed by atoms with Gasteiger partial charge >= 0.3 is 5.95 Å². The summed E-state index contributed by atoms with van der Waals surface area (Å²) in [6.07, 6.45) is 0. The third-order valence-corrected chi connectivity index (χ3v) is 1.79. The number of hydrogen-bond donors (Lipinski definition) is 2. The minimum Gasteiger partial charge on any atom is -0.754 e. The van der Waals surface area contributed by atoms with Crippen LogP contribution in [0.4, 0.5) is 11.8 Å². The van der Waals surface area contributed by atoms with Gasteiger partial charge in [0, 0.05) is 0 Å². The smallest absolute Gasteiger partial charge is 0.345 e. The molecule has 1 rings (SSSR count). The van der Waals surface area contributed by atoms with E-state index in [9.17, 15) is 5.21 Å². The van der Waals surface area contributed by atoms with Crippen LogP contribution in [0.5, 0.6) is 0 Å². The van der Waals surface area contributed by atoms with Gasteiger partial charge in [-0.2, -0.15) is 0 Å². The minimum absolute atomic E-state index is 0.149. The first-order valence-electron chi connectivity index (χ1n) is 4.30. The number of aromatic nitrogens is 2. The van der Waals surface area contributed by atoms with Crippen molar-refractivity contribution in [2.24, 2.45) is 5.92 Å². The van der Waals surface area contributed by atoms with Gasteiger partial charge in [0.2, 0.25) is 0 Å². The normalized spacial score (nSPS) is 10.6. The summed E-state index contributed by atoms with van der Waals surface area (Å²) in [5.74, 6) is 0.614. The lowest BCUT2D eigenvalue weighted by molar-refractivity contribution is -0.577. The highest BCUT2D eigenvalue weighted by molar-refractivity contribution is 6.29. The van der Waals surface area contributed by atoms with Crippen LogP contribution in [0.25, 0.3) is 0 Å². The Bertz CT molecular complexity index is 329. The number of rotatable bonds is 3. The van der Waals surface area contributed by atoms with Crippen molar-refractivity contribution < 1.29 is 4.73 Å². The van der Waals surface area contributed by atoms with Gasteiger partial charge in [-0.25, -0.2) is 4.73 Å². The van der Waals surface area contributed by atoms with Crippen molar-refractivity contribution in [3.63, 3.8) is 0 Å². The molecule has 14 heavy (non-hydrogen) atoms.